The lowest BCUT2D eigenvalue weighted by molar-refractivity contribution is -0.185. The van der Waals surface area contributed by atoms with Gasteiger partial charge in [0.05, 0.1) is 0 Å². The highest BCUT2D eigenvalue weighted by Gasteiger charge is 2.64. The van der Waals surface area contributed by atoms with E-state index in [0.29, 0.717) is 16.2 Å². The quantitative estimate of drug-likeness (QED) is 0.426. The molecule has 5 saturated carbocycles. The molecule has 28 heavy (non-hydrogen) atoms. The summed E-state index contributed by atoms with van der Waals surface area (Å²) in [5.74, 6) is 8.07. The molecular formula is C28H48. The zero-order chi connectivity index (χ0) is 19.9. The summed E-state index contributed by atoms with van der Waals surface area (Å²) in [4.78, 5) is 0. The molecule has 0 aromatic heterocycles. The molecule has 5 rings (SSSR count). The molecule has 5 aliphatic carbocycles. The van der Waals surface area contributed by atoms with E-state index in [1.807, 2.05) is 0 Å². The van der Waals surface area contributed by atoms with Crippen LogP contribution < -0.4 is 0 Å². The predicted octanol–water partition coefficient (Wildman–Crippen LogP) is 8.35. The highest BCUT2D eigenvalue weighted by Crippen LogP contribution is 2.72. The Kier molecular flexibility index (Phi) is 4.63. The van der Waals surface area contributed by atoms with Crippen molar-refractivity contribution in [3.05, 3.63) is 0 Å². The number of rotatable bonds is 1. The molecule has 160 valence electrons. The van der Waals surface area contributed by atoms with Gasteiger partial charge in [-0.05, 0) is 121 Å². The van der Waals surface area contributed by atoms with Crippen molar-refractivity contribution in [3.63, 3.8) is 0 Å². The van der Waals surface area contributed by atoms with Crippen molar-refractivity contribution in [3.8, 4) is 0 Å². The van der Waals surface area contributed by atoms with Gasteiger partial charge in [-0.15, -0.1) is 0 Å². The van der Waals surface area contributed by atoms with Gasteiger partial charge in [-0.25, -0.2) is 0 Å². The van der Waals surface area contributed by atoms with E-state index < -0.39 is 0 Å². The fourth-order valence-corrected chi connectivity index (χ4v) is 11.1. The third-order valence-electron chi connectivity index (χ3n) is 12.3. The minimum absolute atomic E-state index is 0.649. The first-order valence-electron chi connectivity index (χ1n) is 13.2. The van der Waals surface area contributed by atoms with Crippen molar-refractivity contribution in [1.29, 1.82) is 0 Å². The Morgan fingerprint density at radius 1 is 0.714 bits per heavy atom. The summed E-state index contributed by atoms with van der Waals surface area (Å²) in [6.07, 6.45) is 16.9. The molecule has 10 unspecified atom stereocenters. The van der Waals surface area contributed by atoms with Crippen molar-refractivity contribution in [2.24, 2.45) is 63.6 Å². The van der Waals surface area contributed by atoms with E-state index in [2.05, 4.69) is 41.5 Å². The van der Waals surface area contributed by atoms with E-state index in [0.717, 1.165) is 47.3 Å². The van der Waals surface area contributed by atoms with Crippen LogP contribution in [0.15, 0.2) is 0 Å². The standard InChI is InChI=1S/C28H48/c1-18(2)20-11-15-26(4)16-12-23-21(25(20)26)9-10-24-27(5)14-7-8-19(3)22(27)13-17-28(23,24)6/h18-25H,7-17H2,1-6H3. The van der Waals surface area contributed by atoms with Crippen LogP contribution in [0, 0.1) is 63.6 Å². The van der Waals surface area contributed by atoms with E-state index in [1.165, 1.54) is 32.1 Å². The molecule has 0 aromatic carbocycles. The van der Waals surface area contributed by atoms with Crippen LogP contribution in [0.4, 0.5) is 0 Å². The first-order valence-corrected chi connectivity index (χ1v) is 13.2. The second kappa shape index (κ2) is 6.50. The molecule has 0 nitrogen and oxygen atoms in total. The van der Waals surface area contributed by atoms with Gasteiger partial charge in [-0.2, -0.15) is 0 Å². The summed E-state index contributed by atoms with van der Waals surface area (Å²) < 4.78 is 0. The van der Waals surface area contributed by atoms with Crippen LogP contribution >= 0.6 is 0 Å². The fraction of sp³-hybridized carbons (Fsp3) is 1.00. The smallest absolute Gasteiger partial charge is 0.0261 e. The second-order valence-electron chi connectivity index (χ2n) is 13.6. The lowest BCUT2D eigenvalue weighted by Crippen LogP contribution is -2.60. The summed E-state index contributed by atoms with van der Waals surface area (Å²) in [7, 11) is 0. The van der Waals surface area contributed by atoms with Crippen LogP contribution in [-0.4, -0.2) is 0 Å². The van der Waals surface area contributed by atoms with Crippen molar-refractivity contribution < 1.29 is 0 Å². The first-order chi connectivity index (χ1) is 13.2. The lowest BCUT2D eigenvalue weighted by atomic mass is 9.37. The van der Waals surface area contributed by atoms with Crippen LogP contribution in [0.3, 0.4) is 0 Å². The van der Waals surface area contributed by atoms with Crippen LogP contribution in [0.2, 0.25) is 0 Å². The largest absolute Gasteiger partial charge is 0.0625 e. The maximum atomic E-state index is 2.80. The van der Waals surface area contributed by atoms with E-state index >= 15 is 0 Å². The SMILES string of the molecule is CC(C)C1CCC2(C)CCC3C(CCC4C5(C)CCCC(C)C5CCC34C)C12. The Morgan fingerprint density at radius 3 is 2.14 bits per heavy atom. The summed E-state index contributed by atoms with van der Waals surface area (Å²) in [6.45, 7) is 15.9. The van der Waals surface area contributed by atoms with E-state index in [9.17, 15) is 0 Å². The summed E-state index contributed by atoms with van der Waals surface area (Å²) in [5, 5.41) is 0. The van der Waals surface area contributed by atoms with Crippen molar-refractivity contribution in [1.82, 2.24) is 0 Å². The molecule has 5 aliphatic rings. The summed E-state index contributed by atoms with van der Waals surface area (Å²) in [6, 6.07) is 0. The Hall–Kier alpha value is 0. The Bertz CT molecular complexity index is 605. The van der Waals surface area contributed by atoms with Gasteiger partial charge in [0.2, 0.25) is 0 Å². The number of hydrogen-bond donors (Lipinski definition) is 0. The molecule has 0 aliphatic heterocycles. The molecule has 0 bridgehead atoms. The Balaban J connectivity index is 1.48. The monoisotopic (exact) mass is 384 g/mol. The van der Waals surface area contributed by atoms with Gasteiger partial charge >= 0.3 is 0 Å². The Morgan fingerprint density at radius 2 is 1.39 bits per heavy atom. The molecule has 0 heterocycles. The molecule has 0 aromatic rings. The highest BCUT2D eigenvalue weighted by molar-refractivity contribution is 5.13. The third-order valence-corrected chi connectivity index (χ3v) is 12.3. The minimum atomic E-state index is 0.649. The second-order valence-corrected chi connectivity index (χ2v) is 13.6. The van der Waals surface area contributed by atoms with E-state index in [-0.39, 0.29) is 0 Å². The minimum Gasteiger partial charge on any atom is -0.0625 e. The maximum Gasteiger partial charge on any atom is -0.0261 e. The van der Waals surface area contributed by atoms with E-state index in [1.54, 1.807) is 38.5 Å². The van der Waals surface area contributed by atoms with Gasteiger partial charge < -0.3 is 0 Å². The van der Waals surface area contributed by atoms with Crippen LogP contribution in [0.1, 0.15) is 112 Å². The number of hydrogen-bond acceptors (Lipinski definition) is 0. The van der Waals surface area contributed by atoms with Gasteiger partial charge in [0, 0.05) is 0 Å². The molecule has 0 N–H and O–H groups in total. The van der Waals surface area contributed by atoms with Crippen molar-refractivity contribution in [2.75, 3.05) is 0 Å². The molecule has 0 spiro atoms. The third kappa shape index (κ3) is 2.54. The maximum absolute atomic E-state index is 2.80. The topological polar surface area (TPSA) is 0 Å². The first kappa shape index (κ1) is 19.9. The van der Waals surface area contributed by atoms with Gasteiger partial charge in [-0.1, -0.05) is 54.4 Å². The van der Waals surface area contributed by atoms with Crippen LogP contribution in [0.25, 0.3) is 0 Å². The predicted molar refractivity (Wildman–Crippen MR) is 120 cm³/mol. The van der Waals surface area contributed by atoms with Crippen molar-refractivity contribution in [2.45, 2.75) is 112 Å². The van der Waals surface area contributed by atoms with Crippen molar-refractivity contribution >= 4 is 0 Å². The average Bonchev–Trinajstić information content (AvgIpc) is 2.99. The summed E-state index contributed by atoms with van der Waals surface area (Å²) >= 11 is 0. The Labute approximate surface area is 176 Å². The highest BCUT2D eigenvalue weighted by atomic mass is 14.7. The molecule has 0 saturated heterocycles. The number of fused-ring (bicyclic) bond motifs is 7. The van der Waals surface area contributed by atoms with Crippen LogP contribution in [-0.2, 0) is 0 Å². The molecule has 5 fully saturated rings. The lowest BCUT2D eigenvalue weighted by Gasteiger charge is -2.67. The zero-order valence-corrected chi connectivity index (χ0v) is 19.9. The fourth-order valence-electron chi connectivity index (χ4n) is 11.1. The van der Waals surface area contributed by atoms with Gasteiger partial charge in [0.25, 0.3) is 0 Å². The van der Waals surface area contributed by atoms with Gasteiger partial charge in [-0.3, -0.25) is 0 Å². The zero-order valence-electron chi connectivity index (χ0n) is 19.9. The summed E-state index contributed by atoms with van der Waals surface area (Å²) in [5.41, 5.74) is 1.99. The molecule has 0 radical (unpaired) electrons. The van der Waals surface area contributed by atoms with Crippen LogP contribution in [0.5, 0.6) is 0 Å². The average molecular weight is 385 g/mol. The van der Waals surface area contributed by atoms with Gasteiger partial charge in [0.1, 0.15) is 0 Å². The molecule has 0 amide bonds. The molecule has 10 atom stereocenters. The molecular weight excluding hydrogens is 336 g/mol. The normalized spacial score (nSPS) is 58.6. The van der Waals surface area contributed by atoms with E-state index in [4.69, 9.17) is 0 Å². The van der Waals surface area contributed by atoms with Gasteiger partial charge in [0.15, 0.2) is 0 Å². The molecule has 0 heteroatoms.